The lowest BCUT2D eigenvalue weighted by Crippen LogP contribution is -2.02. The van der Waals surface area contributed by atoms with Crippen molar-refractivity contribution in [2.75, 3.05) is 7.11 Å². The van der Waals surface area contributed by atoms with Crippen molar-refractivity contribution >= 4 is 11.9 Å². The Bertz CT molecular complexity index is 226. The molecule has 1 rings (SSSR count). The quantitative estimate of drug-likeness (QED) is 0.381. The van der Waals surface area contributed by atoms with Crippen molar-refractivity contribution in [3.8, 4) is 0 Å². The van der Waals surface area contributed by atoms with Crippen LogP contribution in [0.5, 0.6) is 0 Å². The molecule has 0 saturated carbocycles. The lowest BCUT2D eigenvalue weighted by Gasteiger charge is -1.92. The first-order valence-corrected chi connectivity index (χ1v) is 2.68. The molecule has 0 spiro atoms. The Morgan fingerprint density at radius 1 is 1.30 bits per heavy atom. The summed E-state index contributed by atoms with van der Waals surface area (Å²) in [6.07, 6.45) is 0. The summed E-state index contributed by atoms with van der Waals surface area (Å²) in [5.41, 5.74) is 0.229. The van der Waals surface area contributed by atoms with Gasteiger partial charge in [0.2, 0.25) is 5.76 Å². The third kappa shape index (κ3) is 0.775. The number of methoxy groups -OCH3 is 1. The van der Waals surface area contributed by atoms with Crippen molar-refractivity contribution in [1.82, 2.24) is 0 Å². The van der Waals surface area contributed by atoms with Crippen molar-refractivity contribution in [2.45, 2.75) is 6.92 Å². The van der Waals surface area contributed by atoms with E-state index in [1.807, 2.05) is 0 Å². The molecule has 0 atom stereocenters. The maximum Gasteiger partial charge on any atom is 0.382 e. The van der Waals surface area contributed by atoms with Gasteiger partial charge in [-0.2, -0.15) is 0 Å². The Labute approximate surface area is 57.4 Å². The van der Waals surface area contributed by atoms with Crippen molar-refractivity contribution in [1.29, 1.82) is 0 Å². The average Bonchev–Trinajstić information content (AvgIpc) is 2.09. The Balaban J connectivity index is 3.01. The molecule has 0 radical (unpaired) electrons. The number of carbonyl (C=O) groups is 2. The molecule has 1 heterocycles. The molecule has 0 amide bonds. The predicted octanol–water partition coefficient (Wildman–Crippen LogP) is -0.00980. The summed E-state index contributed by atoms with van der Waals surface area (Å²) in [5.74, 6) is -1.32. The van der Waals surface area contributed by atoms with Crippen molar-refractivity contribution in [2.24, 2.45) is 0 Å². The van der Waals surface area contributed by atoms with E-state index in [0.717, 1.165) is 0 Å². The van der Waals surface area contributed by atoms with Gasteiger partial charge in [-0.1, -0.05) is 0 Å². The standard InChI is InChI=1S/C6H6O4/c1-3-4(9-2)6(8)10-5(3)7/h1-2H3. The summed E-state index contributed by atoms with van der Waals surface area (Å²) in [6.45, 7) is 1.48. The number of cyclic esters (lactones) is 2. The normalized spacial score (nSPS) is 17.8. The van der Waals surface area contributed by atoms with E-state index < -0.39 is 11.9 Å². The minimum absolute atomic E-state index is 0.00463. The largest absolute Gasteiger partial charge is 0.489 e. The highest BCUT2D eigenvalue weighted by atomic mass is 16.6. The SMILES string of the molecule is COC1=C(C)C(=O)OC1=O. The van der Waals surface area contributed by atoms with Gasteiger partial charge < -0.3 is 9.47 Å². The van der Waals surface area contributed by atoms with Crippen LogP contribution in [0.1, 0.15) is 6.92 Å². The topological polar surface area (TPSA) is 52.6 Å². The van der Waals surface area contributed by atoms with Crippen molar-refractivity contribution < 1.29 is 19.1 Å². The van der Waals surface area contributed by atoms with Crippen LogP contribution in [-0.4, -0.2) is 19.0 Å². The van der Waals surface area contributed by atoms with Gasteiger partial charge in [0, 0.05) is 0 Å². The molecule has 0 fully saturated rings. The van der Waals surface area contributed by atoms with Crippen molar-refractivity contribution in [3.63, 3.8) is 0 Å². The van der Waals surface area contributed by atoms with Gasteiger partial charge in [0.1, 0.15) is 0 Å². The van der Waals surface area contributed by atoms with E-state index >= 15 is 0 Å². The second kappa shape index (κ2) is 2.13. The zero-order chi connectivity index (χ0) is 7.72. The summed E-state index contributed by atoms with van der Waals surface area (Å²) >= 11 is 0. The average molecular weight is 142 g/mol. The first-order chi connectivity index (χ1) is 4.66. The molecular formula is C6H6O4. The fraction of sp³-hybridized carbons (Fsp3) is 0.333. The van der Waals surface area contributed by atoms with Crippen LogP contribution in [-0.2, 0) is 19.1 Å². The first kappa shape index (κ1) is 6.80. The molecule has 4 heteroatoms. The number of carbonyl (C=O) groups excluding carboxylic acids is 2. The van der Waals surface area contributed by atoms with Crippen LogP contribution < -0.4 is 0 Å². The van der Waals surface area contributed by atoms with Gasteiger partial charge in [0.15, 0.2) is 0 Å². The summed E-state index contributed by atoms with van der Waals surface area (Å²) < 4.78 is 8.79. The second-order valence-corrected chi connectivity index (χ2v) is 1.84. The van der Waals surface area contributed by atoms with E-state index in [9.17, 15) is 9.59 Å². The first-order valence-electron chi connectivity index (χ1n) is 2.68. The monoisotopic (exact) mass is 142 g/mol. The van der Waals surface area contributed by atoms with E-state index in [0.29, 0.717) is 0 Å². The summed E-state index contributed by atoms with van der Waals surface area (Å²) in [7, 11) is 1.32. The molecule has 0 aromatic rings. The third-order valence-electron chi connectivity index (χ3n) is 1.22. The number of esters is 2. The fourth-order valence-electron chi connectivity index (χ4n) is 0.689. The van der Waals surface area contributed by atoms with E-state index in [4.69, 9.17) is 0 Å². The zero-order valence-electron chi connectivity index (χ0n) is 5.63. The Hall–Kier alpha value is -1.32. The van der Waals surface area contributed by atoms with E-state index in [1.165, 1.54) is 14.0 Å². The molecule has 0 saturated heterocycles. The van der Waals surface area contributed by atoms with Gasteiger partial charge in [-0.15, -0.1) is 0 Å². The van der Waals surface area contributed by atoms with Gasteiger partial charge in [-0.3, -0.25) is 0 Å². The molecule has 0 bridgehead atoms. The Kier molecular flexibility index (Phi) is 1.45. The number of ether oxygens (including phenoxy) is 2. The third-order valence-corrected chi connectivity index (χ3v) is 1.22. The molecule has 4 nitrogen and oxygen atoms in total. The van der Waals surface area contributed by atoms with E-state index in [1.54, 1.807) is 0 Å². The minimum atomic E-state index is -0.704. The molecule has 10 heavy (non-hydrogen) atoms. The molecule has 0 aliphatic carbocycles. The number of hydrogen-bond donors (Lipinski definition) is 0. The Morgan fingerprint density at radius 3 is 2.10 bits per heavy atom. The fourth-order valence-corrected chi connectivity index (χ4v) is 0.689. The molecule has 0 unspecified atom stereocenters. The van der Waals surface area contributed by atoms with E-state index in [2.05, 4.69) is 9.47 Å². The molecule has 1 aliphatic heterocycles. The molecular weight excluding hydrogens is 136 g/mol. The molecule has 1 aliphatic rings. The molecule has 54 valence electrons. The van der Waals surface area contributed by atoms with Gasteiger partial charge in [-0.05, 0) is 6.92 Å². The highest BCUT2D eigenvalue weighted by molar-refractivity contribution is 6.10. The second-order valence-electron chi connectivity index (χ2n) is 1.84. The highest BCUT2D eigenvalue weighted by Gasteiger charge is 2.30. The van der Waals surface area contributed by atoms with Crippen LogP contribution in [0.3, 0.4) is 0 Å². The van der Waals surface area contributed by atoms with Crippen LogP contribution >= 0.6 is 0 Å². The van der Waals surface area contributed by atoms with Gasteiger partial charge in [-0.25, -0.2) is 9.59 Å². The van der Waals surface area contributed by atoms with Gasteiger partial charge >= 0.3 is 11.9 Å². The van der Waals surface area contributed by atoms with E-state index in [-0.39, 0.29) is 11.3 Å². The van der Waals surface area contributed by atoms with Gasteiger partial charge in [0.25, 0.3) is 0 Å². The maximum atomic E-state index is 10.6. The summed E-state index contributed by atoms with van der Waals surface area (Å²) in [6, 6.07) is 0. The summed E-state index contributed by atoms with van der Waals surface area (Å²) in [5, 5.41) is 0. The highest BCUT2D eigenvalue weighted by Crippen LogP contribution is 2.16. The number of hydrogen-bond acceptors (Lipinski definition) is 4. The van der Waals surface area contributed by atoms with Crippen LogP contribution in [0.15, 0.2) is 11.3 Å². The lowest BCUT2D eigenvalue weighted by atomic mass is 10.3. The lowest BCUT2D eigenvalue weighted by molar-refractivity contribution is -0.152. The van der Waals surface area contributed by atoms with Crippen molar-refractivity contribution in [3.05, 3.63) is 11.3 Å². The summed E-state index contributed by atoms with van der Waals surface area (Å²) in [4.78, 5) is 21.2. The van der Waals surface area contributed by atoms with Gasteiger partial charge in [0.05, 0.1) is 12.7 Å². The smallest absolute Gasteiger partial charge is 0.382 e. The minimum Gasteiger partial charge on any atom is -0.489 e. The van der Waals surface area contributed by atoms with Crippen LogP contribution in [0.2, 0.25) is 0 Å². The number of rotatable bonds is 1. The molecule has 0 N–H and O–H groups in total. The Morgan fingerprint density at radius 2 is 1.90 bits per heavy atom. The molecule has 0 aromatic heterocycles. The van der Waals surface area contributed by atoms with Crippen LogP contribution in [0, 0.1) is 0 Å². The van der Waals surface area contributed by atoms with Crippen LogP contribution in [0.4, 0.5) is 0 Å². The van der Waals surface area contributed by atoms with Crippen LogP contribution in [0.25, 0.3) is 0 Å². The zero-order valence-corrected chi connectivity index (χ0v) is 5.63. The molecule has 0 aromatic carbocycles. The predicted molar refractivity (Wildman–Crippen MR) is 30.8 cm³/mol. The maximum absolute atomic E-state index is 10.6.